The van der Waals surface area contributed by atoms with Crippen molar-refractivity contribution >= 4 is 23.4 Å². The minimum atomic E-state index is -0.236. The molecule has 0 radical (unpaired) electrons. The maximum absolute atomic E-state index is 13.0. The number of aromatic nitrogens is 2. The van der Waals surface area contributed by atoms with Crippen LogP contribution in [0.25, 0.3) is 0 Å². The summed E-state index contributed by atoms with van der Waals surface area (Å²) in [7, 11) is 0. The first-order chi connectivity index (χ1) is 15.1. The van der Waals surface area contributed by atoms with Crippen LogP contribution in [0.3, 0.4) is 0 Å². The van der Waals surface area contributed by atoms with Crippen LogP contribution in [0.4, 0.5) is 0 Å². The van der Waals surface area contributed by atoms with Crippen molar-refractivity contribution in [2.24, 2.45) is 0 Å². The zero-order valence-corrected chi connectivity index (χ0v) is 17.8. The van der Waals surface area contributed by atoms with E-state index in [2.05, 4.69) is 22.5 Å². The van der Waals surface area contributed by atoms with Gasteiger partial charge >= 0.3 is 0 Å². The highest BCUT2D eigenvalue weighted by Crippen LogP contribution is 2.29. The van der Waals surface area contributed by atoms with E-state index in [1.54, 1.807) is 15.6 Å². The van der Waals surface area contributed by atoms with Crippen molar-refractivity contribution in [3.05, 3.63) is 87.7 Å². The Morgan fingerprint density at radius 3 is 2.77 bits per heavy atom. The summed E-state index contributed by atoms with van der Waals surface area (Å²) < 4.78 is 1.64. The highest BCUT2D eigenvalue weighted by molar-refractivity contribution is 6.30. The third-order valence-electron chi connectivity index (χ3n) is 6.06. The summed E-state index contributed by atoms with van der Waals surface area (Å²) in [5.74, 6) is -0.351. The molecular weight excluding hydrogens is 412 g/mol. The van der Waals surface area contributed by atoms with Crippen molar-refractivity contribution in [3.63, 3.8) is 0 Å². The van der Waals surface area contributed by atoms with Crippen LogP contribution < -0.4 is 5.32 Å². The number of rotatable bonds is 4. The number of benzene rings is 2. The monoisotopic (exact) mass is 434 g/mol. The second-order valence-electron chi connectivity index (χ2n) is 8.11. The fourth-order valence-electron chi connectivity index (χ4n) is 4.45. The fourth-order valence-corrected chi connectivity index (χ4v) is 4.57. The molecule has 1 unspecified atom stereocenters. The van der Waals surface area contributed by atoms with E-state index < -0.39 is 0 Å². The Labute approximate surface area is 185 Å². The van der Waals surface area contributed by atoms with E-state index in [-0.39, 0.29) is 17.9 Å². The lowest BCUT2D eigenvalue weighted by atomic mass is 9.87. The van der Waals surface area contributed by atoms with E-state index in [0.29, 0.717) is 36.0 Å². The lowest BCUT2D eigenvalue weighted by molar-refractivity contribution is 0.0683. The minimum Gasteiger partial charge on any atom is -0.344 e. The molecule has 1 atom stereocenters. The van der Waals surface area contributed by atoms with Gasteiger partial charge in [0.1, 0.15) is 5.69 Å². The molecule has 31 heavy (non-hydrogen) atoms. The molecule has 0 fully saturated rings. The second kappa shape index (κ2) is 8.19. The molecular formula is C24H23ClN4O2. The first kappa shape index (κ1) is 19.8. The highest BCUT2D eigenvalue weighted by Gasteiger charge is 2.29. The van der Waals surface area contributed by atoms with Gasteiger partial charge < -0.3 is 10.2 Å². The topological polar surface area (TPSA) is 67.2 Å². The van der Waals surface area contributed by atoms with Crippen LogP contribution in [0.15, 0.2) is 54.6 Å². The van der Waals surface area contributed by atoms with E-state index in [0.717, 1.165) is 24.8 Å². The molecule has 5 rings (SSSR count). The molecule has 2 aromatic carbocycles. The third-order valence-corrected chi connectivity index (χ3v) is 6.31. The Morgan fingerprint density at radius 2 is 1.94 bits per heavy atom. The van der Waals surface area contributed by atoms with Crippen LogP contribution in [0.2, 0.25) is 5.02 Å². The van der Waals surface area contributed by atoms with Gasteiger partial charge in [-0.3, -0.25) is 14.3 Å². The van der Waals surface area contributed by atoms with Gasteiger partial charge in [0.15, 0.2) is 5.69 Å². The number of nitrogens with zero attached hydrogens (tertiary/aromatic N) is 3. The molecule has 3 aromatic rings. The lowest BCUT2D eigenvalue weighted by Gasteiger charge is -2.27. The first-order valence-electron chi connectivity index (χ1n) is 10.6. The van der Waals surface area contributed by atoms with E-state index in [9.17, 15) is 9.59 Å². The molecule has 1 aliphatic carbocycles. The van der Waals surface area contributed by atoms with Crippen LogP contribution in [0.5, 0.6) is 0 Å². The Bertz CT molecular complexity index is 1140. The summed E-state index contributed by atoms with van der Waals surface area (Å²) in [4.78, 5) is 27.7. The van der Waals surface area contributed by atoms with Crippen LogP contribution in [-0.4, -0.2) is 33.0 Å². The van der Waals surface area contributed by atoms with Gasteiger partial charge in [-0.25, -0.2) is 0 Å². The van der Waals surface area contributed by atoms with Gasteiger partial charge in [-0.2, -0.15) is 5.10 Å². The molecule has 2 aliphatic rings. The number of hydrogen-bond donors (Lipinski definition) is 1. The molecule has 7 heteroatoms. The van der Waals surface area contributed by atoms with Crippen molar-refractivity contribution in [1.29, 1.82) is 0 Å². The van der Waals surface area contributed by atoms with Crippen LogP contribution in [-0.2, 0) is 19.5 Å². The number of halogens is 1. The molecule has 0 saturated carbocycles. The third kappa shape index (κ3) is 3.95. The number of aryl methyl sites for hydroxylation is 1. The van der Waals surface area contributed by atoms with Crippen LogP contribution in [0, 0.1) is 0 Å². The van der Waals surface area contributed by atoms with Gasteiger partial charge in [0.2, 0.25) is 0 Å². The molecule has 0 spiro atoms. The summed E-state index contributed by atoms with van der Waals surface area (Å²) in [5, 5.41) is 8.20. The van der Waals surface area contributed by atoms with Gasteiger partial charge in [-0.1, -0.05) is 48.0 Å². The molecule has 2 heterocycles. The molecule has 1 aliphatic heterocycles. The average Bonchev–Trinajstić information content (AvgIpc) is 3.23. The summed E-state index contributed by atoms with van der Waals surface area (Å²) in [6.07, 6.45) is 2.99. The molecule has 1 aromatic heterocycles. The normalized spacial score (nSPS) is 17.8. The van der Waals surface area contributed by atoms with Gasteiger partial charge in [-0.15, -0.1) is 0 Å². The van der Waals surface area contributed by atoms with Crippen molar-refractivity contribution in [2.75, 3.05) is 6.54 Å². The number of amides is 2. The van der Waals surface area contributed by atoms with Crippen LogP contribution >= 0.6 is 11.6 Å². The van der Waals surface area contributed by atoms with Gasteiger partial charge in [0.25, 0.3) is 11.8 Å². The predicted octanol–water partition coefficient (Wildman–Crippen LogP) is 4.00. The lowest BCUT2D eigenvalue weighted by Crippen LogP contribution is -2.39. The number of carbonyl (C=O) groups excluding carboxylic acids is 2. The fraction of sp³-hybridized carbons (Fsp3) is 0.292. The zero-order chi connectivity index (χ0) is 21.4. The van der Waals surface area contributed by atoms with E-state index in [4.69, 9.17) is 11.6 Å². The molecule has 1 N–H and O–H groups in total. The Morgan fingerprint density at radius 1 is 1.13 bits per heavy atom. The predicted molar refractivity (Wildman–Crippen MR) is 118 cm³/mol. The number of hydrogen-bond acceptors (Lipinski definition) is 3. The zero-order valence-electron chi connectivity index (χ0n) is 17.1. The van der Waals surface area contributed by atoms with Gasteiger partial charge in [-0.05, 0) is 48.1 Å². The van der Waals surface area contributed by atoms with Crippen molar-refractivity contribution in [2.45, 2.75) is 38.4 Å². The standard InChI is InChI=1S/C24H23ClN4O2/c25-18-10-8-16(9-11-18)15-28-12-13-29-22(24(28)31)14-21(27-29)23(30)26-20-7-3-5-17-4-1-2-6-19(17)20/h1-2,4,6,8-11,14,20H,3,5,7,12-13,15H2,(H,26,30). The van der Waals surface area contributed by atoms with E-state index in [1.165, 1.54) is 11.1 Å². The molecule has 2 amide bonds. The summed E-state index contributed by atoms with van der Waals surface area (Å²) in [5.41, 5.74) is 4.22. The first-order valence-corrected chi connectivity index (χ1v) is 11.0. The number of nitrogens with one attached hydrogen (secondary N) is 1. The highest BCUT2D eigenvalue weighted by atomic mass is 35.5. The summed E-state index contributed by atoms with van der Waals surface area (Å²) in [6.45, 7) is 1.61. The number of carbonyl (C=O) groups is 2. The van der Waals surface area contributed by atoms with Crippen molar-refractivity contribution in [3.8, 4) is 0 Å². The van der Waals surface area contributed by atoms with Crippen molar-refractivity contribution < 1.29 is 9.59 Å². The SMILES string of the molecule is O=C(NC1CCCc2ccccc21)c1cc2n(n1)CCN(Cc1ccc(Cl)cc1)C2=O. The average molecular weight is 435 g/mol. The summed E-state index contributed by atoms with van der Waals surface area (Å²) in [6, 6.07) is 17.3. The Kier molecular flexibility index (Phi) is 5.24. The number of fused-ring (bicyclic) bond motifs is 2. The van der Waals surface area contributed by atoms with Gasteiger partial charge in [0.05, 0.1) is 12.6 Å². The van der Waals surface area contributed by atoms with E-state index in [1.807, 2.05) is 36.4 Å². The van der Waals surface area contributed by atoms with E-state index >= 15 is 0 Å². The molecule has 0 saturated heterocycles. The minimum absolute atomic E-state index is 0.0201. The summed E-state index contributed by atoms with van der Waals surface area (Å²) >= 11 is 5.95. The quantitative estimate of drug-likeness (QED) is 0.674. The maximum atomic E-state index is 13.0. The Hall–Kier alpha value is -3.12. The molecule has 6 nitrogen and oxygen atoms in total. The maximum Gasteiger partial charge on any atom is 0.272 e. The van der Waals surface area contributed by atoms with Crippen LogP contribution in [0.1, 0.15) is 56.6 Å². The molecule has 158 valence electrons. The Balaban J connectivity index is 1.31. The van der Waals surface area contributed by atoms with Gasteiger partial charge in [0, 0.05) is 24.2 Å². The van der Waals surface area contributed by atoms with Crippen molar-refractivity contribution in [1.82, 2.24) is 20.0 Å². The largest absolute Gasteiger partial charge is 0.344 e. The second-order valence-corrected chi connectivity index (χ2v) is 8.54. The smallest absolute Gasteiger partial charge is 0.272 e. The molecule has 0 bridgehead atoms.